The summed E-state index contributed by atoms with van der Waals surface area (Å²) in [5, 5.41) is 0. The number of hydrogen-bond acceptors (Lipinski definition) is 4. The van der Waals surface area contributed by atoms with Gasteiger partial charge in [-0.05, 0) is 31.4 Å². The van der Waals surface area contributed by atoms with Gasteiger partial charge in [0.1, 0.15) is 0 Å². The second-order valence-electron chi connectivity index (χ2n) is 6.77. The predicted molar refractivity (Wildman–Crippen MR) is 91.2 cm³/mol. The Labute approximate surface area is 143 Å². The quantitative estimate of drug-likeness (QED) is 0.865. The van der Waals surface area contributed by atoms with Gasteiger partial charge >= 0.3 is 0 Å². The van der Waals surface area contributed by atoms with Crippen LogP contribution in [-0.4, -0.2) is 57.8 Å². The van der Waals surface area contributed by atoms with E-state index in [9.17, 15) is 13.2 Å². The molecule has 1 N–H and O–H groups in total. The molecule has 1 amide bonds. The average molecular weight is 352 g/mol. The number of sulfonamides is 1. The van der Waals surface area contributed by atoms with E-state index in [1.54, 1.807) is 0 Å². The van der Waals surface area contributed by atoms with E-state index in [-0.39, 0.29) is 17.4 Å². The van der Waals surface area contributed by atoms with Crippen molar-refractivity contribution in [3.8, 4) is 0 Å². The Bertz CT molecular complexity index is 692. The Morgan fingerprint density at radius 1 is 1.38 bits per heavy atom. The van der Waals surface area contributed by atoms with E-state index in [1.165, 1.54) is 6.26 Å². The third kappa shape index (κ3) is 3.79. The Morgan fingerprint density at radius 2 is 2.12 bits per heavy atom. The molecule has 6 nitrogen and oxygen atoms in total. The molecule has 0 aromatic heterocycles. The number of carbonyl (C=O) groups excluding carboxylic acids is 1. The van der Waals surface area contributed by atoms with Gasteiger partial charge in [0.25, 0.3) is 5.91 Å². The molecule has 1 aromatic carbocycles. The van der Waals surface area contributed by atoms with Gasteiger partial charge in [0.15, 0.2) is 0 Å². The molecular formula is C17H24N2O4S. The standard InChI is InChI=1S/C17H24N2O4S/c1-24(21,22)18-10-8-17-9-12-23-15(17)7-11-19(13-17)16(20)14-5-3-2-4-6-14/h2-6,15,18H,7-13H2,1H3/t15-,17+/m0/s1. The van der Waals surface area contributed by atoms with Gasteiger partial charge in [-0.15, -0.1) is 0 Å². The molecule has 0 radical (unpaired) electrons. The Morgan fingerprint density at radius 3 is 2.83 bits per heavy atom. The number of fused-ring (bicyclic) bond motifs is 1. The number of carbonyl (C=O) groups is 1. The summed E-state index contributed by atoms with van der Waals surface area (Å²) >= 11 is 0. The van der Waals surface area contributed by atoms with Crippen LogP contribution in [-0.2, 0) is 14.8 Å². The Hall–Kier alpha value is -1.44. The van der Waals surface area contributed by atoms with Crippen LogP contribution in [0, 0.1) is 5.41 Å². The molecule has 2 atom stereocenters. The number of benzene rings is 1. The lowest BCUT2D eigenvalue weighted by Crippen LogP contribution is -2.52. The lowest BCUT2D eigenvalue weighted by Gasteiger charge is -2.44. The number of amides is 1. The van der Waals surface area contributed by atoms with Crippen molar-refractivity contribution < 1.29 is 17.9 Å². The van der Waals surface area contributed by atoms with Gasteiger partial charge < -0.3 is 9.64 Å². The molecule has 0 saturated carbocycles. The first-order valence-corrected chi connectivity index (χ1v) is 10.2. The normalized spacial score (nSPS) is 27.0. The first kappa shape index (κ1) is 17.4. The summed E-state index contributed by atoms with van der Waals surface area (Å²) in [7, 11) is -3.20. The zero-order valence-electron chi connectivity index (χ0n) is 13.9. The van der Waals surface area contributed by atoms with Crippen LogP contribution in [0.3, 0.4) is 0 Å². The number of nitrogens with one attached hydrogen (secondary N) is 1. The van der Waals surface area contributed by atoms with Crippen molar-refractivity contribution in [3.63, 3.8) is 0 Å². The van der Waals surface area contributed by atoms with Gasteiger partial charge in [0.2, 0.25) is 10.0 Å². The van der Waals surface area contributed by atoms with Gasteiger partial charge in [0.05, 0.1) is 12.4 Å². The average Bonchev–Trinajstić information content (AvgIpc) is 2.96. The van der Waals surface area contributed by atoms with Crippen LogP contribution >= 0.6 is 0 Å². The van der Waals surface area contributed by atoms with E-state index in [0.29, 0.717) is 38.2 Å². The third-order valence-electron chi connectivity index (χ3n) is 5.06. The maximum absolute atomic E-state index is 12.7. The maximum Gasteiger partial charge on any atom is 0.253 e. The molecule has 2 aliphatic heterocycles. The van der Waals surface area contributed by atoms with Crippen molar-refractivity contribution in [2.75, 3.05) is 32.5 Å². The fourth-order valence-electron chi connectivity index (χ4n) is 3.83. The summed E-state index contributed by atoms with van der Waals surface area (Å²) in [6, 6.07) is 9.29. The highest BCUT2D eigenvalue weighted by Crippen LogP contribution is 2.43. The third-order valence-corrected chi connectivity index (χ3v) is 5.79. The second kappa shape index (κ2) is 6.82. The van der Waals surface area contributed by atoms with Crippen LogP contribution in [0.4, 0.5) is 0 Å². The summed E-state index contributed by atoms with van der Waals surface area (Å²) in [6.45, 7) is 2.36. The lowest BCUT2D eigenvalue weighted by molar-refractivity contribution is -0.0158. The molecule has 1 aromatic rings. The smallest absolute Gasteiger partial charge is 0.253 e. The van der Waals surface area contributed by atoms with E-state index < -0.39 is 10.0 Å². The minimum atomic E-state index is -3.20. The van der Waals surface area contributed by atoms with Gasteiger partial charge in [-0.1, -0.05) is 18.2 Å². The van der Waals surface area contributed by atoms with Crippen LogP contribution in [0.2, 0.25) is 0 Å². The zero-order valence-corrected chi connectivity index (χ0v) is 14.7. The number of ether oxygens (including phenoxy) is 1. The van der Waals surface area contributed by atoms with Crippen molar-refractivity contribution in [2.45, 2.75) is 25.4 Å². The topological polar surface area (TPSA) is 75.7 Å². The van der Waals surface area contributed by atoms with E-state index in [4.69, 9.17) is 4.74 Å². The summed E-state index contributed by atoms with van der Waals surface area (Å²) in [6.07, 6.45) is 3.63. The molecule has 2 fully saturated rings. The van der Waals surface area contributed by atoms with Crippen molar-refractivity contribution in [1.29, 1.82) is 0 Å². The molecule has 2 saturated heterocycles. The highest BCUT2D eigenvalue weighted by Gasteiger charge is 2.48. The van der Waals surface area contributed by atoms with Crippen molar-refractivity contribution in [3.05, 3.63) is 35.9 Å². The van der Waals surface area contributed by atoms with E-state index in [1.807, 2.05) is 35.2 Å². The van der Waals surface area contributed by atoms with Crippen molar-refractivity contribution >= 4 is 15.9 Å². The zero-order chi connectivity index (χ0) is 17.2. The van der Waals surface area contributed by atoms with Crippen LogP contribution in [0.5, 0.6) is 0 Å². The highest BCUT2D eigenvalue weighted by atomic mass is 32.2. The van der Waals surface area contributed by atoms with E-state index >= 15 is 0 Å². The van der Waals surface area contributed by atoms with Crippen LogP contribution < -0.4 is 4.72 Å². The largest absolute Gasteiger partial charge is 0.377 e. The van der Waals surface area contributed by atoms with Crippen LogP contribution in [0.25, 0.3) is 0 Å². The Balaban J connectivity index is 1.71. The lowest BCUT2D eigenvalue weighted by atomic mass is 9.74. The number of rotatable bonds is 5. The van der Waals surface area contributed by atoms with Gasteiger partial charge in [0, 0.05) is 37.2 Å². The molecule has 2 heterocycles. The first-order chi connectivity index (χ1) is 11.4. The molecule has 0 bridgehead atoms. The molecule has 24 heavy (non-hydrogen) atoms. The SMILES string of the molecule is CS(=O)(=O)NCC[C@]12CCO[C@H]1CCN(C(=O)c1ccccc1)C2. The number of piperidine rings is 1. The Kier molecular flexibility index (Phi) is 4.94. The fraction of sp³-hybridized carbons (Fsp3) is 0.588. The molecule has 132 valence electrons. The molecule has 2 aliphatic rings. The minimum Gasteiger partial charge on any atom is -0.377 e. The minimum absolute atomic E-state index is 0.0383. The second-order valence-corrected chi connectivity index (χ2v) is 8.60. The molecular weight excluding hydrogens is 328 g/mol. The summed E-state index contributed by atoms with van der Waals surface area (Å²) in [5.74, 6) is 0.0383. The monoisotopic (exact) mass is 352 g/mol. The molecule has 0 unspecified atom stereocenters. The van der Waals surface area contributed by atoms with Crippen molar-refractivity contribution in [2.24, 2.45) is 5.41 Å². The first-order valence-electron chi connectivity index (χ1n) is 8.30. The summed E-state index contributed by atoms with van der Waals surface area (Å²) < 4.78 is 31.1. The molecule has 0 aliphatic carbocycles. The van der Waals surface area contributed by atoms with Gasteiger partial charge in [-0.3, -0.25) is 4.79 Å². The predicted octanol–water partition coefficient (Wildman–Crippen LogP) is 1.25. The molecule has 0 spiro atoms. The van der Waals surface area contributed by atoms with Gasteiger partial charge in [-0.2, -0.15) is 0 Å². The van der Waals surface area contributed by atoms with E-state index in [0.717, 1.165) is 12.8 Å². The number of hydrogen-bond donors (Lipinski definition) is 1. The van der Waals surface area contributed by atoms with Crippen molar-refractivity contribution in [1.82, 2.24) is 9.62 Å². The number of likely N-dealkylation sites (tertiary alicyclic amines) is 1. The molecule has 7 heteroatoms. The fourth-order valence-corrected chi connectivity index (χ4v) is 4.30. The number of nitrogens with zero attached hydrogens (tertiary/aromatic N) is 1. The highest BCUT2D eigenvalue weighted by molar-refractivity contribution is 7.88. The van der Waals surface area contributed by atoms with Gasteiger partial charge in [-0.25, -0.2) is 13.1 Å². The maximum atomic E-state index is 12.7. The van der Waals surface area contributed by atoms with Crippen LogP contribution in [0.1, 0.15) is 29.6 Å². The molecule has 3 rings (SSSR count). The van der Waals surface area contributed by atoms with Crippen LogP contribution in [0.15, 0.2) is 30.3 Å². The van der Waals surface area contributed by atoms with E-state index in [2.05, 4.69) is 4.72 Å². The summed E-state index contributed by atoms with van der Waals surface area (Å²) in [5.41, 5.74) is 0.541. The summed E-state index contributed by atoms with van der Waals surface area (Å²) in [4.78, 5) is 14.6.